The number of hydrogen-bond donors (Lipinski definition) is 2. The Morgan fingerprint density at radius 2 is 2.11 bits per heavy atom. The molecule has 2 aromatic rings. The Labute approximate surface area is 176 Å². The molecule has 0 bridgehead atoms. The first-order chi connectivity index (χ1) is 12.4. The van der Waals surface area contributed by atoms with Gasteiger partial charge in [-0.1, -0.05) is 23.2 Å². The van der Waals surface area contributed by atoms with Gasteiger partial charge in [0.15, 0.2) is 0 Å². The molecule has 27 heavy (non-hydrogen) atoms. The van der Waals surface area contributed by atoms with Crippen LogP contribution < -0.4 is 10.6 Å². The van der Waals surface area contributed by atoms with Gasteiger partial charge in [-0.2, -0.15) is 5.10 Å². The summed E-state index contributed by atoms with van der Waals surface area (Å²) in [5.41, 5.74) is 3.44. The van der Waals surface area contributed by atoms with Crippen molar-refractivity contribution in [2.75, 3.05) is 6.54 Å². The van der Waals surface area contributed by atoms with Gasteiger partial charge in [-0.3, -0.25) is 4.79 Å². The van der Waals surface area contributed by atoms with E-state index in [4.69, 9.17) is 23.2 Å². The van der Waals surface area contributed by atoms with Crippen LogP contribution in [0.1, 0.15) is 36.7 Å². The van der Waals surface area contributed by atoms with Gasteiger partial charge < -0.3 is 10.6 Å². The molecule has 3 rings (SSSR count). The number of amides is 1. The maximum Gasteiger partial charge on any atom is 0.224 e. The number of hydrogen-bond acceptors (Lipinski definition) is 3. The van der Waals surface area contributed by atoms with Gasteiger partial charge in [-0.15, -0.1) is 12.4 Å². The minimum absolute atomic E-state index is 0. The van der Waals surface area contributed by atoms with Gasteiger partial charge in [0.1, 0.15) is 0 Å². The molecule has 2 unspecified atom stereocenters. The zero-order valence-electron chi connectivity index (χ0n) is 15.7. The molecule has 0 spiro atoms. The number of halogens is 3. The van der Waals surface area contributed by atoms with Crippen LogP contribution >= 0.6 is 35.6 Å². The van der Waals surface area contributed by atoms with Crippen molar-refractivity contribution >= 4 is 41.5 Å². The molecule has 2 heterocycles. The van der Waals surface area contributed by atoms with Gasteiger partial charge in [0, 0.05) is 28.4 Å². The largest absolute Gasteiger partial charge is 0.352 e. The van der Waals surface area contributed by atoms with E-state index in [0.29, 0.717) is 22.5 Å². The highest BCUT2D eigenvalue weighted by Gasteiger charge is 2.24. The Morgan fingerprint density at radius 1 is 1.37 bits per heavy atom. The summed E-state index contributed by atoms with van der Waals surface area (Å²) in [6.07, 6.45) is 2.41. The molecule has 1 aromatic heterocycles. The zero-order chi connectivity index (χ0) is 18.8. The summed E-state index contributed by atoms with van der Waals surface area (Å²) in [5.74, 6) is 0.0264. The van der Waals surface area contributed by atoms with Crippen molar-refractivity contribution in [1.82, 2.24) is 20.4 Å². The van der Waals surface area contributed by atoms with Crippen molar-refractivity contribution in [2.24, 2.45) is 0 Å². The molecule has 1 amide bonds. The first-order valence-electron chi connectivity index (χ1n) is 8.90. The lowest BCUT2D eigenvalue weighted by molar-refractivity contribution is -0.121. The number of benzene rings is 1. The molecule has 2 N–H and O–H groups in total. The second-order valence-corrected chi connectivity index (χ2v) is 7.74. The van der Waals surface area contributed by atoms with Crippen LogP contribution in [0.25, 0.3) is 5.69 Å². The molecule has 8 heteroatoms. The monoisotopic (exact) mass is 430 g/mol. The Balaban J connectivity index is 0.00000261. The Morgan fingerprint density at radius 3 is 2.78 bits per heavy atom. The number of aryl methyl sites for hydroxylation is 1. The van der Waals surface area contributed by atoms with Crippen molar-refractivity contribution < 1.29 is 4.79 Å². The lowest BCUT2D eigenvalue weighted by atomic mass is 9.99. The predicted octanol–water partition coefficient (Wildman–Crippen LogP) is 4.02. The Hall–Kier alpha value is -1.27. The smallest absolute Gasteiger partial charge is 0.224 e. The van der Waals surface area contributed by atoms with Crippen LogP contribution in [0.5, 0.6) is 0 Å². The fourth-order valence-electron chi connectivity index (χ4n) is 3.48. The van der Waals surface area contributed by atoms with Gasteiger partial charge in [0.25, 0.3) is 0 Å². The summed E-state index contributed by atoms with van der Waals surface area (Å²) >= 11 is 12.3. The highest BCUT2D eigenvalue weighted by molar-refractivity contribution is 6.35. The van der Waals surface area contributed by atoms with E-state index >= 15 is 0 Å². The van der Waals surface area contributed by atoms with Gasteiger partial charge >= 0.3 is 0 Å². The maximum absolute atomic E-state index is 12.6. The third-order valence-electron chi connectivity index (χ3n) is 5.02. The molecule has 0 aliphatic carbocycles. The predicted molar refractivity (Wildman–Crippen MR) is 113 cm³/mol. The number of rotatable bonds is 4. The van der Waals surface area contributed by atoms with Gasteiger partial charge in [-0.25, -0.2) is 4.68 Å². The Bertz CT molecular complexity index is 822. The molecule has 5 nitrogen and oxygen atoms in total. The van der Waals surface area contributed by atoms with E-state index in [-0.39, 0.29) is 24.4 Å². The summed E-state index contributed by atoms with van der Waals surface area (Å²) in [6, 6.07) is 5.79. The molecule has 0 radical (unpaired) electrons. The SMILES string of the molecule is Cc1nn(-c2ccc(Cl)cc2Cl)c(C)c1CC(=O)NC1CCCNC1C.Cl. The van der Waals surface area contributed by atoms with Gasteiger partial charge in [-0.05, 0) is 58.4 Å². The quantitative estimate of drug-likeness (QED) is 0.769. The minimum atomic E-state index is 0. The molecule has 1 aromatic carbocycles. The van der Waals surface area contributed by atoms with Crippen molar-refractivity contribution in [3.05, 3.63) is 45.2 Å². The van der Waals surface area contributed by atoms with Crippen LogP contribution in [0.2, 0.25) is 10.0 Å². The summed E-state index contributed by atoms with van der Waals surface area (Å²) < 4.78 is 1.78. The summed E-state index contributed by atoms with van der Waals surface area (Å²) in [5, 5.41) is 12.3. The lowest BCUT2D eigenvalue weighted by Crippen LogP contribution is -2.52. The number of carbonyl (C=O) groups excluding carboxylic acids is 1. The average Bonchev–Trinajstić information content (AvgIpc) is 2.85. The molecule has 1 fully saturated rings. The first kappa shape index (κ1) is 22.0. The van der Waals surface area contributed by atoms with Gasteiger partial charge in [0.2, 0.25) is 5.91 Å². The number of aromatic nitrogens is 2. The highest BCUT2D eigenvalue weighted by Crippen LogP contribution is 2.27. The fourth-order valence-corrected chi connectivity index (χ4v) is 3.97. The molecule has 1 saturated heterocycles. The normalized spacial score (nSPS) is 19.4. The van der Waals surface area contributed by atoms with Crippen LogP contribution in [0.15, 0.2) is 18.2 Å². The molecule has 2 atom stereocenters. The first-order valence-corrected chi connectivity index (χ1v) is 9.65. The van der Waals surface area contributed by atoms with Crippen molar-refractivity contribution in [3.63, 3.8) is 0 Å². The van der Waals surface area contributed by atoms with E-state index in [2.05, 4.69) is 22.7 Å². The molecule has 1 aliphatic rings. The molecule has 148 valence electrons. The van der Waals surface area contributed by atoms with Gasteiger partial charge in [0.05, 0.1) is 22.8 Å². The Kier molecular flexibility index (Phi) is 7.57. The minimum Gasteiger partial charge on any atom is -0.352 e. The third kappa shape index (κ3) is 4.96. The van der Waals surface area contributed by atoms with Crippen LogP contribution in [-0.2, 0) is 11.2 Å². The topological polar surface area (TPSA) is 59.0 Å². The van der Waals surface area contributed by atoms with Crippen LogP contribution in [0.4, 0.5) is 0 Å². The van der Waals surface area contributed by atoms with E-state index < -0.39 is 0 Å². The third-order valence-corrected chi connectivity index (χ3v) is 5.56. The number of carbonyl (C=O) groups is 1. The van der Waals surface area contributed by atoms with Crippen molar-refractivity contribution in [3.8, 4) is 5.69 Å². The molecule has 1 aliphatic heterocycles. The van der Waals surface area contributed by atoms with Crippen LogP contribution in [0, 0.1) is 13.8 Å². The second-order valence-electron chi connectivity index (χ2n) is 6.89. The summed E-state index contributed by atoms with van der Waals surface area (Å²) in [4.78, 5) is 12.6. The summed E-state index contributed by atoms with van der Waals surface area (Å²) in [6.45, 7) is 7.00. The zero-order valence-corrected chi connectivity index (χ0v) is 18.0. The second kappa shape index (κ2) is 9.28. The van der Waals surface area contributed by atoms with Crippen molar-refractivity contribution in [1.29, 1.82) is 0 Å². The van der Waals surface area contributed by atoms with E-state index in [9.17, 15) is 4.79 Å². The van der Waals surface area contributed by atoms with E-state index in [0.717, 1.165) is 42.0 Å². The van der Waals surface area contributed by atoms with Crippen LogP contribution in [-0.4, -0.2) is 34.3 Å². The van der Waals surface area contributed by atoms with E-state index in [1.807, 2.05) is 19.9 Å². The average molecular weight is 432 g/mol. The van der Waals surface area contributed by atoms with Crippen molar-refractivity contribution in [2.45, 2.75) is 52.1 Å². The number of nitrogens with one attached hydrogen (secondary N) is 2. The maximum atomic E-state index is 12.6. The molecule has 0 saturated carbocycles. The molecular weight excluding hydrogens is 407 g/mol. The number of piperidine rings is 1. The standard InChI is InChI=1S/C19H24Cl2N4O.ClH/c1-11-15(10-19(26)23-17-5-4-8-22-12(17)2)13(3)25(24-11)18-7-6-14(20)9-16(18)21;/h6-7,9,12,17,22H,4-5,8,10H2,1-3H3,(H,23,26);1H. The fraction of sp³-hybridized carbons (Fsp3) is 0.474. The van der Waals surface area contributed by atoms with E-state index in [1.54, 1.807) is 16.8 Å². The van der Waals surface area contributed by atoms with Crippen LogP contribution in [0.3, 0.4) is 0 Å². The lowest BCUT2D eigenvalue weighted by Gasteiger charge is -2.30. The molecular formula is C19H25Cl3N4O. The highest BCUT2D eigenvalue weighted by atomic mass is 35.5. The van der Waals surface area contributed by atoms with E-state index in [1.165, 1.54) is 0 Å². The number of nitrogens with zero attached hydrogens (tertiary/aromatic N) is 2. The summed E-state index contributed by atoms with van der Waals surface area (Å²) in [7, 11) is 0.